The fourth-order valence-corrected chi connectivity index (χ4v) is 1.64. The van der Waals surface area contributed by atoms with Crippen molar-refractivity contribution in [3.8, 4) is 0 Å². The molecular formula is C14H9BrF2N2O4. The van der Waals surface area contributed by atoms with Gasteiger partial charge in [0.15, 0.2) is 0 Å². The normalized spacial score (nSPS) is 9.52. The number of halogens is 3. The molecule has 2 rings (SSSR count). The van der Waals surface area contributed by atoms with Gasteiger partial charge in [-0.1, -0.05) is 12.7 Å². The fraction of sp³-hybridized carbons (Fsp3) is 0. The average molecular weight is 387 g/mol. The third-order valence-corrected chi connectivity index (χ3v) is 3.17. The van der Waals surface area contributed by atoms with Crippen molar-refractivity contribution < 1.29 is 18.6 Å². The van der Waals surface area contributed by atoms with Crippen molar-refractivity contribution in [1.82, 2.24) is 0 Å². The minimum absolute atomic E-state index is 0.225. The minimum Gasteiger partial charge on any atom is -0.258 e. The first-order chi connectivity index (χ1) is 10.8. The van der Waals surface area contributed by atoms with Crippen molar-refractivity contribution in [2.75, 3.05) is 0 Å². The second-order valence-electron chi connectivity index (χ2n) is 4.02. The van der Waals surface area contributed by atoms with Crippen molar-refractivity contribution in [2.24, 2.45) is 0 Å². The molecule has 0 fully saturated rings. The summed E-state index contributed by atoms with van der Waals surface area (Å²) in [6.45, 7) is 3.36. The highest BCUT2D eigenvalue weighted by Gasteiger charge is 2.08. The summed E-state index contributed by atoms with van der Waals surface area (Å²) in [5.41, 5.74) is -0.232. The van der Waals surface area contributed by atoms with E-state index in [-0.39, 0.29) is 21.4 Å². The van der Waals surface area contributed by atoms with Crippen molar-refractivity contribution in [1.29, 1.82) is 0 Å². The van der Waals surface area contributed by atoms with Crippen LogP contribution >= 0.6 is 15.9 Å². The molecule has 0 saturated heterocycles. The molecule has 0 bridgehead atoms. The molecule has 0 aromatic heterocycles. The molecule has 6 nitrogen and oxygen atoms in total. The molecule has 0 heterocycles. The van der Waals surface area contributed by atoms with Crippen LogP contribution in [-0.2, 0) is 0 Å². The van der Waals surface area contributed by atoms with Gasteiger partial charge in [0.05, 0.1) is 26.5 Å². The van der Waals surface area contributed by atoms with Gasteiger partial charge in [-0.3, -0.25) is 20.2 Å². The second kappa shape index (κ2) is 8.08. The monoisotopic (exact) mass is 386 g/mol. The van der Waals surface area contributed by atoms with E-state index in [1.165, 1.54) is 30.3 Å². The van der Waals surface area contributed by atoms with Crippen LogP contribution in [0.25, 0.3) is 6.08 Å². The van der Waals surface area contributed by atoms with Gasteiger partial charge in [0, 0.05) is 17.7 Å². The molecule has 0 aliphatic carbocycles. The lowest BCUT2D eigenvalue weighted by Gasteiger charge is -1.95. The Hall–Kier alpha value is -2.68. The molecule has 0 spiro atoms. The maximum Gasteiger partial charge on any atom is 0.272 e. The molecule has 2 aromatic carbocycles. The quantitative estimate of drug-likeness (QED) is 0.555. The molecule has 0 atom stereocenters. The summed E-state index contributed by atoms with van der Waals surface area (Å²) >= 11 is 2.88. The number of nitro groups is 2. The lowest BCUT2D eigenvalue weighted by Crippen LogP contribution is -1.90. The average Bonchev–Trinajstić information content (AvgIpc) is 2.50. The number of benzene rings is 2. The number of hydrogen-bond acceptors (Lipinski definition) is 4. The van der Waals surface area contributed by atoms with Gasteiger partial charge < -0.3 is 0 Å². The van der Waals surface area contributed by atoms with Gasteiger partial charge in [-0.15, -0.1) is 0 Å². The first kappa shape index (κ1) is 18.4. The van der Waals surface area contributed by atoms with Gasteiger partial charge in [0.1, 0.15) is 11.6 Å². The Morgan fingerprint density at radius 2 is 1.43 bits per heavy atom. The Kier molecular flexibility index (Phi) is 6.46. The van der Waals surface area contributed by atoms with Crippen LogP contribution in [0, 0.1) is 31.9 Å². The van der Waals surface area contributed by atoms with Gasteiger partial charge >= 0.3 is 0 Å². The molecule has 0 radical (unpaired) electrons. The summed E-state index contributed by atoms with van der Waals surface area (Å²) in [4.78, 5) is 19.0. The zero-order valence-electron chi connectivity index (χ0n) is 11.4. The molecule has 23 heavy (non-hydrogen) atoms. The standard InChI is InChI=1S/C8H6FNO2.C6H3BrFNO2/c1-2-6-3-4-7(10(11)12)5-8(6)9;7-5-2-1-4(9(10)11)3-6(5)8/h2-5H,1H2;1-3H. The Balaban J connectivity index is 0.000000231. The highest BCUT2D eigenvalue weighted by atomic mass is 79.9. The third-order valence-electron chi connectivity index (χ3n) is 2.53. The van der Waals surface area contributed by atoms with Gasteiger partial charge in [0.25, 0.3) is 11.4 Å². The van der Waals surface area contributed by atoms with E-state index in [1.54, 1.807) is 0 Å². The maximum atomic E-state index is 12.8. The van der Waals surface area contributed by atoms with Crippen LogP contribution in [0.2, 0.25) is 0 Å². The van der Waals surface area contributed by atoms with Crippen LogP contribution in [0.5, 0.6) is 0 Å². The molecule has 0 unspecified atom stereocenters. The highest BCUT2D eigenvalue weighted by molar-refractivity contribution is 9.10. The lowest BCUT2D eigenvalue weighted by atomic mass is 10.2. The number of non-ortho nitro benzene ring substituents is 2. The first-order valence-corrected chi connectivity index (χ1v) is 6.71. The molecule has 2 aromatic rings. The molecular weight excluding hydrogens is 378 g/mol. The Bertz CT molecular complexity index is 768. The predicted octanol–water partition coefficient (Wildman–Crippen LogP) is 4.87. The van der Waals surface area contributed by atoms with E-state index in [2.05, 4.69) is 22.5 Å². The molecule has 0 N–H and O–H groups in total. The zero-order valence-corrected chi connectivity index (χ0v) is 13.0. The number of nitrogens with zero attached hydrogens (tertiary/aromatic N) is 2. The Labute approximate surface area is 137 Å². The highest BCUT2D eigenvalue weighted by Crippen LogP contribution is 2.20. The number of rotatable bonds is 3. The van der Waals surface area contributed by atoms with Crippen LogP contribution < -0.4 is 0 Å². The van der Waals surface area contributed by atoms with E-state index in [0.29, 0.717) is 0 Å². The van der Waals surface area contributed by atoms with Crippen molar-refractivity contribution in [2.45, 2.75) is 0 Å². The van der Waals surface area contributed by atoms with E-state index in [0.717, 1.165) is 12.1 Å². The minimum atomic E-state index is -0.643. The van der Waals surface area contributed by atoms with Gasteiger partial charge in [-0.25, -0.2) is 8.78 Å². The van der Waals surface area contributed by atoms with Gasteiger partial charge in [0.2, 0.25) is 0 Å². The first-order valence-electron chi connectivity index (χ1n) is 5.92. The molecule has 0 saturated carbocycles. The predicted molar refractivity (Wildman–Crippen MR) is 83.9 cm³/mol. The van der Waals surface area contributed by atoms with Crippen molar-refractivity contribution >= 4 is 33.4 Å². The van der Waals surface area contributed by atoms with Crippen LogP contribution in [0.1, 0.15) is 5.56 Å². The van der Waals surface area contributed by atoms with Gasteiger partial charge in [-0.05, 0) is 28.1 Å². The smallest absolute Gasteiger partial charge is 0.258 e. The summed E-state index contributed by atoms with van der Waals surface area (Å²) in [5.74, 6) is -1.25. The Morgan fingerprint density at radius 1 is 0.957 bits per heavy atom. The molecule has 0 amide bonds. The summed E-state index contributed by atoms with van der Waals surface area (Å²) in [6.07, 6.45) is 1.30. The van der Waals surface area contributed by atoms with E-state index in [4.69, 9.17) is 0 Å². The van der Waals surface area contributed by atoms with E-state index in [1.807, 2.05) is 0 Å². The van der Waals surface area contributed by atoms with Crippen LogP contribution in [0.4, 0.5) is 20.2 Å². The van der Waals surface area contributed by atoms with Gasteiger partial charge in [-0.2, -0.15) is 0 Å². The second-order valence-corrected chi connectivity index (χ2v) is 4.88. The summed E-state index contributed by atoms with van der Waals surface area (Å²) in [6, 6.07) is 6.82. The van der Waals surface area contributed by atoms with Crippen LogP contribution in [-0.4, -0.2) is 9.85 Å². The summed E-state index contributed by atoms with van der Waals surface area (Å²) < 4.78 is 25.6. The third kappa shape index (κ3) is 5.22. The SMILES string of the molecule is C=Cc1ccc([N+](=O)[O-])cc1F.O=[N+]([O-])c1ccc(Br)c(F)c1. The van der Waals surface area contributed by atoms with Crippen LogP contribution in [0.3, 0.4) is 0 Å². The molecule has 9 heteroatoms. The number of nitro benzene ring substituents is 2. The largest absolute Gasteiger partial charge is 0.272 e. The van der Waals surface area contributed by atoms with Crippen molar-refractivity contribution in [3.05, 3.63) is 84.9 Å². The molecule has 0 aliphatic rings. The van der Waals surface area contributed by atoms with E-state index < -0.39 is 21.5 Å². The van der Waals surface area contributed by atoms with Crippen molar-refractivity contribution in [3.63, 3.8) is 0 Å². The zero-order chi connectivity index (χ0) is 17.6. The van der Waals surface area contributed by atoms with E-state index >= 15 is 0 Å². The maximum absolute atomic E-state index is 12.8. The van der Waals surface area contributed by atoms with Crippen LogP contribution in [0.15, 0.2) is 47.4 Å². The summed E-state index contributed by atoms with van der Waals surface area (Å²) in [5, 5.41) is 20.3. The molecule has 120 valence electrons. The number of hydrogen-bond donors (Lipinski definition) is 0. The topological polar surface area (TPSA) is 86.3 Å². The Morgan fingerprint density at radius 3 is 1.83 bits per heavy atom. The fourth-order valence-electron chi connectivity index (χ4n) is 1.39. The van der Waals surface area contributed by atoms with E-state index in [9.17, 15) is 29.0 Å². The molecule has 0 aliphatic heterocycles. The summed E-state index contributed by atoms with van der Waals surface area (Å²) in [7, 11) is 0. The lowest BCUT2D eigenvalue weighted by molar-refractivity contribution is -0.385.